The normalized spacial score (nSPS) is 10.8. The molecule has 180 valence electrons. The van der Waals surface area contributed by atoms with Gasteiger partial charge in [-0.15, -0.1) is 0 Å². The molecular formula is C25H22ClN3O6. The van der Waals surface area contributed by atoms with Crippen molar-refractivity contribution in [2.45, 2.75) is 6.92 Å². The Balaban J connectivity index is 1.67. The van der Waals surface area contributed by atoms with Gasteiger partial charge in [-0.2, -0.15) is 5.10 Å². The highest BCUT2D eigenvalue weighted by atomic mass is 35.5. The number of esters is 1. The highest BCUT2D eigenvalue weighted by Crippen LogP contribution is 2.29. The van der Waals surface area contributed by atoms with E-state index in [0.717, 1.165) is 0 Å². The third kappa shape index (κ3) is 6.58. The first kappa shape index (κ1) is 25.3. The van der Waals surface area contributed by atoms with E-state index in [1.165, 1.54) is 20.3 Å². The fourth-order valence-electron chi connectivity index (χ4n) is 2.90. The minimum atomic E-state index is -0.962. The van der Waals surface area contributed by atoms with Gasteiger partial charge in [-0.3, -0.25) is 9.59 Å². The predicted octanol–water partition coefficient (Wildman–Crippen LogP) is 4.06. The zero-order valence-electron chi connectivity index (χ0n) is 19.1. The highest BCUT2D eigenvalue weighted by Gasteiger charge is 2.17. The van der Waals surface area contributed by atoms with Crippen LogP contribution in [0.15, 0.2) is 71.8 Å². The number of para-hydroxylation sites is 2. The number of methoxy groups -OCH3 is 2. The van der Waals surface area contributed by atoms with Crippen molar-refractivity contribution < 1.29 is 28.6 Å². The minimum absolute atomic E-state index is 0.198. The lowest BCUT2D eigenvalue weighted by Crippen LogP contribution is -2.33. The highest BCUT2D eigenvalue weighted by molar-refractivity contribution is 6.39. The van der Waals surface area contributed by atoms with Crippen molar-refractivity contribution in [1.29, 1.82) is 0 Å². The molecule has 9 nitrogen and oxygen atoms in total. The Morgan fingerprint density at radius 1 is 0.800 bits per heavy atom. The van der Waals surface area contributed by atoms with Crippen LogP contribution in [0.4, 0.5) is 5.69 Å². The number of carbonyl (C=O) groups is 3. The number of carbonyl (C=O) groups excluding carboxylic acids is 3. The Morgan fingerprint density at radius 2 is 1.46 bits per heavy atom. The van der Waals surface area contributed by atoms with Crippen LogP contribution >= 0.6 is 11.6 Å². The van der Waals surface area contributed by atoms with Crippen LogP contribution in [0.25, 0.3) is 0 Å². The SMILES string of the molecule is COc1ccccc1NC(=O)C(=O)NN=C(C)c1ccc(OC(=O)c2ccc(Cl)cc2)c(OC)c1. The van der Waals surface area contributed by atoms with Gasteiger partial charge in [-0.1, -0.05) is 23.7 Å². The third-order valence-corrected chi connectivity index (χ3v) is 5.00. The summed E-state index contributed by atoms with van der Waals surface area (Å²) in [6, 6.07) is 17.7. The monoisotopic (exact) mass is 495 g/mol. The Hall–Kier alpha value is -4.37. The molecule has 0 unspecified atom stereocenters. The van der Waals surface area contributed by atoms with E-state index in [-0.39, 0.29) is 11.5 Å². The zero-order chi connectivity index (χ0) is 25.4. The number of halogens is 1. The lowest BCUT2D eigenvalue weighted by atomic mass is 10.1. The summed E-state index contributed by atoms with van der Waals surface area (Å²) in [6.07, 6.45) is 0. The summed E-state index contributed by atoms with van der Waals surface area (Å²) < 4.78 is 15.9. The van der Waals surface area contributed by atoms with Crippen LogP contribution in [-0.2, 0) is 9.59 Å². The van der Waals surface area contributed by atoms with Crippen molar-refractivity contribution >= 4 is 40.8 Å². The summed E-state index contributed by atoms with van der Waals surface area (Å²) in [4.78, 5) is 36.8. The van der Waals surface area contributed by atoms with Gasteiger partial charge < -0.3 is 19.5 Å². The van der Waals surface area contributed by atoms with Crippen molar-refractivity contribution in [2.75, 3.05) is 19.5 Å². The van der Waals surface area contributed by atoms with Gasteiger partial charge in [0, 0.05) is 10.6 Å². The second kappa shape index (κ2) is 11.7. The maximum atomic E-state index is 12.4. The molecule has 2 amide bonds. The van der Waals surface area contributed by atoms with Crippen molar-refractivity contribution in [3.05, 3.63) is 82.9 Å². The molecule has 3 aromatic rings. The van der Waals surface area contributed by atoms with E-state index in [4.69, 9.17) is 25.8 Å². The van der Waals surface area contributed by atoms with E-state index < -0.39 is 17.8 Å². The smallest absolute Gasteiger partial charge is 0.343 e. The summed E-state index contributed by atoms with van der Waals surface area (Å²) in [5, 5.41) is 6.94. The van der Waals surface area contributed by atoms with Gasteiger partial charge in [0.15, 0.2) is 11.5 Å². The molecule has 2 N–H and O–H groups in total. The molecule has 0 saturated carbocycles. The number of anilines is 1. The average Bonchev–Trinajstić information content (AvgIpc) is 2.87. The van der Waals surface area contributed by atoms with Crippen LogP contribution in [-0.4, -0.2) is 37.7 Å². The lowest BCUT2D eigenvalue weighted by molar-refractivity contribution is -0.136. The molecule has 10 heteroatoms. The lowest BCUT2D eigenvalue weighted by Gasteiger charge is -2.11. The Kier molecular flexibility index (Phi) is 8.42. The molecule has 0 aliphatic heterocycles. The Labute approximate surface area is 206 Å². The van der Waals surface area contributed by atoms with E-state index in [1.807, 2.05) is 0 Å². The molecule has 0 aliphatic carbocycles. The van der Waals surface area contributed by atoms with Crippen molar-refractivity contribution in [3.8, 4) is 17.2 Å². The van der Waals surface area contributed by atoms with Crippen LogP contribution in [0.5, 0.6) is 17.2 Å². The predicted molar refractivity (Wildman–Crippen MR) is 131 cm³/mol. The average molecular weight is 496 g/mol. The summed E-state index contributed by atoms with van der Waals surface area (Å²) in [7, 11) is 2.88. The van der Waals surface area contributed by atoms with Crippen molar-refractivity contribution in [2.24, 2.45) is 5.10 Å². The van der Waals surface area contributed by atoms with Gasteiger partial charge in [-0.25, -0.2) is 10.2 Å². The van der Waals surface area contributed by atoms with Crippen molar-refractivity contribution in [3.63, 3.8) is 0 Å². The molecule has 0 fully saturated rings. The molecule has 0 spiro atoms. The second-order valence-corrected chi connectivity index (χ2v) is 7.49. The van der Waals surface area contributed by atoms with Gasteiger partial charge in [0.1, 0.15) is 5.75 Å². The number of hydrogen-bond donors (Lipinski definition) is 2. The first-order chi connectivity index (χ1) is 16.8. The second-order valence-electron chi connectivity index (χ2n) is 7.05. The fourth-order valence-corrected chi connectivity index (χ4v) is 3.02. The molecule has 0 saturated heterocycles. The molecule has 0 aromatic heterocycles. The topological polar surface area (TPSA) is 115 Å². The minimum Gasteiger partial charge on any atom is -0.495 e. The first-order valence-corrected chi connectivity index (χ1v) is 10.6. The molecular weight excluding hydrogens is 474 g/mol. The van der Waals surface area contributed by atoms with Crippen LogP contribution in [0.3, 0.4) is 0 Å². The quantitative estimate of drug-likeness (QED) is 0.168. The van der Waals surface area contributed by atoms with E-state index >= 15 is 0 Å². The molecule has 0 heterocycles. The van der Waals surface area contributed by atoms with Gasteiger partial charge >= 0.3 is 17.8 Å². The molecule has 0 aliphatic rings. The Bertz CT molecular complexity index is 1270. The van der Waals surface area contributed by atoms with Crippen molar-refractivity contribution in [1.82, 2.24) is 5.43 Å². The number of amides is 2. The van der Waals surface area contributed by atoms with E-state index in [0.29, 0.717) is 33.3 Å². The number of ether oxygens (including phenoxy) is 3. The number of benzene rings is 3. The van der Waals surface area contributed by atoms with Crippen LogP contribution in [0, 0.1) is 0 Å². The standard InChI is InChI=1S/C25H22ClN3O6/c1-15(28-29-24(31)23(30)27-19-6-4-5-7-20(19)33-2)17-10-13-21(22(14-17)34-3)35-25(32)16-8-11-18(26)12-9-16/h4-14H,1-3H3,(H,27,30)(H,29,31). The number of nitrogens with one attached hydrogen (secondary N) is 2. The maximum Gasteiger partial charge on any atom is 0.343 e. The summed E-state index contributed by atoms with van der Waals surface area (Å²) >= 11 is 5.85. The van der Waals surface area contributed by atoms with Gasteiger partial charge in [-0.05, 0) is 61.5 Å². The van der Waals surface area contributed by atoms with Crippen LogP contribution in [0.2, 0.25) is 5.02 Å². The summed E-state index contributed by atoms with van der Waals surface area (Å²) in [5.41, 5.74) is 3.84. The largest absolute Gasteiger partial charge is 0.495 e. The van der Waals surface area contributed by atoms with E-state index in [2.05, 4.69) is 15.8 Å². The van der Waals surface area contributed by atoms with E-state index in [1.54, 1.807) is 67.6 Å². The third-order valence-electron chi connectivity index (χ3n) is 4.75. The molecule has 0 bridgehead atoms. The first-order valence-electron chi connectivity index (χ1n) is 10.3. The van der Waals surface area contributed by atoms with Crippen LogP contribution < -0.4 is 25.0 Å². The van der Waals surface area contributed by atoms with Crippen LogP contribution in [0.1, 0.15) is 22.8 Å². The summed E-state index contributed by atoms with van der Waals surface area (Å²) in [6.45, 7) is 1.63. The number of nitrogens with zero attached hydrogens (tertiary/aromatic N) is 1. The molecule has 0 atom stereocenters. The number of rotatable bonds is 7. The van der Waals surface area contributed by atoms with Gasteiger partial charge in [0.25, 0.3) is 0 Å². The zero-order valence-corrected chi connectivity index (χ0v) is 19.9. The molecule has 3 rings (SSSR count). The molecule has 35 heavy (non-hydrogen) atoms. The number of hydrogen-bond acceptors (Lipinski definition) is 7. The number of hydrazone groups is 1. The maximum absolute atomic E-state index is 12.4. The molecule has 3 aromatic carbocycles. The fraction of sp³-hybridized carbons (Fsp3) is 0.120. The summed E-state index contributed by atoms with van der Waals surface area (Å²) in [5.74, 6) is -1.56. The van der Waals surface area contributed by atoms with E-state index in [9.17, 15) is 14.4 Å². The Morgan fingerprint density at radius 3 is 2.14 bits per heavy atom. The van der Waals surface area contributed by atoms with Gasteiger partial charge in [0.2, 0.25) is 0 Å². The van der Waals surface area contributed by atoms with Gasteiger partial charge in [0.05, 0.1) is 31.2 Å². The molecule has 0 radical (unpaired) electrons.